The Bertz CT molecular complexity index is 917. The summed E-state index contributed by atoms with van der Waals surface area (Å²) in [5.74, 6) is 0.487. The van der Waals surface area contributed by atoms with E-state index in [0.29, 0.717) is 10.8 Å². The number of rotatable bonds is 6. The molecule has 2 N–H and O–H groups in total. The molecule has 148 valence electrons. The number of sulfonamides is 1. The lowest BCUT2D eigenvalue weighted by molar-refractivity contribution is -0.115. The van der Waals surface area contributed by atoms with Crippen molar-refractivity contribution in [2.24, 2.45) is 0 Å². The number of nitrogens with one attached hydrogen (secondary N) is 2. The minimum atomic E-state index is -3.56. The number of amides is 1. The molecule has 0 fully saturated rings. The van der Waals surface area contributed by atoms with Crippen LogP contribution in [0, 0.1) is 0 Å². The molecule has 0 radical (unpaired) electrons. The summed E-state index contributed by atoms with van der Waals surface area (Å²) >= 11 is 1.23. The zero-order valence-electron chi connectivity index (χ0n) is 16.3. The van der Waals surface area contributed by atoms with E-state index in [1.54, 1.807) is 19.1 Å². The molecule has 0 aliphatic heterocycles. The maximum Gasteiger partial charge on any atom is 0.242 e. The lowest BCUT2D eigenvalue weighted by atomic mass is 9.96. The second-order valence-corrected chi connectivity index (χ2v) is 10.7. The molecule has 1 aromatic carbocycles. The molecule has 10 heteroatoms. The van der Waals surface area contributed by atoms with Crippen molar-refractivity contribution in [2.45, 2.75) is 48.4 Å². The van der Waals surface area contributed by atoms with Crippen LogP contribution in [0.25, 0.3) is 0 Å². The first-order chi connectivity index (χ1) is 12.4. The number of aromatic amines is 1. The van der Waals surface area contributed by atoms with Gasteiger partial charge >= 0.3 is 0 Å². The highest BCUT2D eigenvalue weighted by atomic mass is 32.2. The van der Waals surface area contributed by atoms with E-state index in [2.05, 4.69) is 20.5 Å². The highest BCUT2D eigenvalue weighted by molar-refractivity contribution is 8.00. The third-order valence-corrected chi connectivity index (χ3v) is 6.48. The Morgan fingerprint density at radius 3 is 2.52 bits per heavy atom. The second kappa shape index (κ2) is 7.99. The Kier molecular flexibility index (Phi) is 6.33. The van der Waals surface area contributed by atoms with E-state index < -0.39 is 15.3 Å². The Labute approximate surface area is 164 Å². The van der Waals surface area contributed by atoms with E-state index in [1.165, 1.54) is 38.0 Å². The lowest BCUT2D eigenvalue weighted by Gasteiger charge is -2.14. The molecule has 1 atom stereocenters. The van der Waals surface area contributed by atoms with Crippen LogP contribution in [0.1, 0.15) is 33.5 Å². The number of anilines is 1. The summed E-state index contributed by atoms with van der Waals surface area (Å²) in [5.41, 5.74) is 0.260. The predicted octanol–water partition coefficient (Wildman–Crippen LogP) is 2.47. The van der Waals surface area contributed by atoms with Gasteiger partial charge in [-0.2, -0.15) is 0 Å². The van der Waals surface area contributed by atoms with Crippen LogP contribution in [0.2, 0.25) is 0 Å². The highest BCUT2D eigenvalue weighted by Crippen LogP contribution is 2.25. The van der Waals surface area contributed by atoms with Gasteiger partial charge < -0.3 is 5.32 Å². The molecular formula is C17H25N5O3S2. The van der Waals surface area contributed by atoms with Gasteiger partial charge in [-0.05, 0) is 25.1 Å². The summed E-state index contributed by atoms with van der Waals surface area (Å²) < 4.78 is 25.6. The third kappa shape index (κ3) is 5.30. The molecule has 0 saturated carbocycles. The molecule has 0 unspecified atom stereocenters. The molecule has 0 bridgehead atoms. The van der Waals surface area contributed by atoms with E-state index in [-0.39, 0.29) is 16.2 Å². The molecular weight excluding hydrogens is 386 g/mol. The smallest absolute Gasteiger partial charge is 0.242 e. The van der Waals surface area contributed by atoms with Crippen molar-refractivity contribution in [3.05, 3.63) is 30.1 Å². The van der Waals surface area contributed by atoms with Crippen molar-refractivity contribution in [3.63, 3.8) is 0 Å². The topological polar surface area (TPSA) is 108 Å². The second-order valence-electron chi connectivity index (χ2n) is 7.28. The van der Waals surface area contributed by atoms with E-state index in [4.69, 9.17) is 0 Å². The first-order valence-corrected chi connectivity index (χ1v) is 10.7. The van der Waals surface area contributed by atoms with Gasteiger partial charge in [-0.1, -0.05) is 38.6 Å². The van der Waals surface area contributed by atoms with Crippen LogP contribution >= 0.6 is 11.8 Å². The molecule has 27 heavy (non-hydrogen) atoms. The number of carbonyl (C=O) groups excluding carboxylic acids is 1. The van der Waals surface area contributed by atoms with E-state index in [9.17, 15) is 13.2 Å². The highest BCUT2D eigenvalue weighted by Gasteiger charge is 2.22. The van der Waals surface area contributed by atoms with Crippen LogP contribution in [0.5, 0.6) is 0 Å². The molecule has 1 heterocycles. The number of benzene rings is 1. The first-order valence-electron chi connectivity index (χ1n) is 8.34. The number of nitrogens with zero attached hydrogens (tertiary/aromatic N) is 3. The average molecular weight is 412 g/mol. The lowest BCUT2D eigenvalue weighted by Crippen LogP contribution is -2.24. The van der Waals surface area contributed by atoms with Crippen molar-refractivity contribution >= 4 is 33.4 Å². The predicted molar refractivity (Wildman–Crippen MR) is 106 cm³/mol. The minimum absolute atomic E-state index is 0.120. The molecule has 2 aromatic rings. The van der Waals surface area contributed by atoms with Crippen molar-refractivity contribution in [2.75, 3.05) is 19.4 Å². The summed E-state index contributed by atoms with van der Waals surface area (Å²) in [6, 6.07) is 6.17. The Hall–Kier alpha value is -1.91. The van der Waals surface area contributed by atoms with E-state index in [0.717, 1.165) is 10.1 Å². The van der Waals surface area contributed by atoms with Crippen LogP contribution in [0.4, 0.5) is 5.69 Å². The average Bonchev–Trinajstić information content (AvgIpc) is 3.03. The summed E-state index contributed by atoms with van der Waals surface area (Å²) in [4.78, 5) is 17.0. The van der Waals surface area contributed by atoms with Gasteiger partial charge in [0.25, 0.3) is 0 Å². The van der Waals surface area contributed by atoms with Gasteiger partial charge in [-0.15, -0.1) is 5.10 Å². The van der Waals surface area contributed by atoms with E-state index >= 15 is 0 Å². The summed E-state index contributed by atoms with van der Waals surface area (Å²) in [6.45, 7) is 7.81. The zero-order valence-corrected chi connectivity index (χ0v) is 17.9. The molecule has 0 spiro atoms. The molecule has 2 rings (SSSR count). The Morgan fingerprint density at radius 1 is 1.30 bits per heavy atom. The van der Waals surface area contributed by atoms with Crippen LogP contribution in [0.15, 0.2) is 34.3 Å². The summed E-state index contributed by atoms with van der Waals surface area (Å²) in [6.07, 6.45) is 0. The maximum absolute atomic E-state index is 12.5. The van der Waals surface area contributed by atoms with Gasteiger partial charge in [0, 0.05) is 25.2 Å². The Balaban J connectivity index is 2.08. The molecule has 0 aliphatic rings. The number of H-pyrrole nitrogens is 1. The third-order valence-electron chi connectivity index (χ3n) is 3.71. The maximum atomic E-state index is 12.5. The normalized spacial score (nSPS) is 13.6. The standard InChI is InChI=1S/C17H25N5O3S2/c1-11(26-16-19-15(20-21-16)17(2,3)4)14(23)18-12-8-7-9-13(10-12)27(24,25)22(5)6/h7-11H,1-6H3,(H,18,23)(H,19,20,21)/t11-/m0/s1. The van der Waals surface area contributed by atoms with Crippen molar-refractivity contribution < 1.29 is 13.2 Å². The summed E-state index contributed by atoms with van der Waals surface area (Å²) in [7, 11) is -0.642. The van der Waals surface area contributed by atoms with Crippen LogP contribution in [-0.2, 0) is 20.2 Å². The van der Waals surface area contributed by atoms with Gasteiger partial charge in [-0.3, -0.25) is 9.89 Å². The SMILES string of the molecule is C[C@H](Sc1n[nH]c(C(C)(C)C)n1)C(=O)Nc1cccc(S(=O)(=O)N(C)C)c1. The van der Waals surface area contributed by atoms with Crippen LogP contribution in [-0.4, -0.2) is 53.2 Å². The van der Waals surface area contributed by atoms with Gasteiger partial charge in [0.2, 0.25) is 21.1 Å². The van der Waals surface area contributed by atoms with Gasteiger partial charge in [0.05, 0.1) is 10.1 Å². The van der Waals surface area contributed by atoms with Gasteiger partial charge in [0.1, 0.15) is 5.82 Å². The fourth-order valence-electron chi connectivity index (χ4n) is 2.04. The van der Waals surface area contributed by atoms with Crippen molar-refractivity contribution in [3.8, 4) is 0 Å². The van der Waals surface area contributed by atoms with Crippen molar-refractivity contribution in [1.29, 1.82) is 0 Å². The fourth-order valence-corrected chi connectivity index (χ4v) is 3.71. The number of hydrogen-bond acceptors (Lipinski definition) is 6. The molecule has 8 nitrogen and oxygen atoms in total. The van der Waals surface area contributed by atoms with Gasteiger partial charge in [0.15, 0.2) is 0 Å². The zero-order chi connectivity index (χ0) is 20.4. The van der Waals surface area contributed by atoms with Gasteiger partial charge in [-0.25, -0.2) is 17.7 Å². The van der Waals surface area contributed by atoms with Crippen LogP contribution < -0.4 is 5.32 Å². The molecule has 0 aliphatic carbocycles. The Morgan fingerprint density at radius 2 is 1.96 bits per heavy atom. The first kappa shape index (κ1) is 21.4. The molecule has 1 amide bonds. The largest absolute Gasteiger partial charge is 0.325 e. The van der Waals surface area contributed by atoms with Crippen LogP contribution in [0.3, 0.4) is 0 Å². The van der Waals surface area contributed by atoms with Crippen molar-refractivity contribution in [1.82, 2.24) is 19.5 Å². The number of hydrogen-bond donors (Lipinski definition) is 2. The monoisotopic (exact) mass is 411 g/mol. The minimum Gasteiger partial charge on any atom is -0.325 e. The summed E-state index contributed by atoms with van der Waals surface area (Å²) in [5, 5.41) is 9.81. The molecule has 1 aromatic heterocycles. The number of aromatic nitrogens is 3. The quantitative estimate of drug-likeness (QED) is 0.707. The number of carbonyl (C=O) groups is 1. The fraction of sp³-hybridized carbons (Fsp3) is 0.471. The molecule has 0 saturated heterocycles. The van der Waals surface area contributed by atoms with E-state index in [1.807, 2.05) is 20.8 Å². The number of thioether (sulfide) groups is 1.